The first-order valence-electron chi connectivity index (χ1n) is 4.33. The van der Waals surface area contributed by atoms with Crippen LogP contribution in [0.2, 0.25) is 0 Å². The quantitative estimate of drug-likeness (QED) is 0.714. The van der Waals surface area contributed by atoms with Crippen LogP contribution in [0.4, 0.5) is 8.78 Å². The van der Waals surface area contributed by atoms with Crippen molar-refractivity contribution in [2.75, 3.05) is 13.2 Å². The van der Waals surface area contributed by atoms with Crippen molar-refractivity contribution in [3.8, 4) is 17.6 Å². The Kier molecular flexibility index (Phi) is 2.19. The maximum Gasteiger partial charge on any atom is 0.357 e. The molecule has 15 heavy (non-hydrogen) atoms. The lowest BCUT2D eigenvalue weighted by atomic mass is 10.1. The Morgan fingerprint density at radius 3 is 2.53 bits per heavy atom. The Bertz CT molecular complexity index is 426. The molecule has 5 heteroatoms. The second-order valence-electron chi connectivity index (χ2n) is 3.04. The number of benzene rings is 1. The minimum Gasteiger partial charge on any atom is -0.486 e. The molecule has 0 atom stereocenters. The third kappa shape index (κ3) is 1.71. The van der Waals surface area contributed by atoms with E-state index in [0.29, 0.717) is 19.0 Å². The molecule has 0 amide bonds. The van der Waals surface area contributed by atoms with Crippen molar-refractivity contribution in [1.29, 1.82) is 5.26 Å². The van der Waals surface area contributed by atoms with Gasteiger partial charge < -0.3 is 9.47 Å². The second kappa shape index (κ2) is 3.39. The van der Waals surface area contributed by atoms with E-state index in [-0.39, 0.29) is 11.3 Å². The van der Waals surface area contributed by atoms with Gasteiger partial charge in [0.2, 0.25) is 0 Å². The smallest absolute Gasteiger partial charge is 0.357 e. The van der Waals surface area contributed by atoms with E-state index in [1.54, 1.807) is 0 Å². The van der Waals surface area contributed by atoms with Gasteiger partial charge in [0.05, 0.1) is 0 Å². The summed E-state index contributed by atoms with van der Waals surface area (Å²) in [6, 6.07) is 4.62. The second-order valence-corrected chi connectivity index (χ2v) is 3.04. The first-order valence-corrected chi connectivity index (χ1v) is 4.33. The lowest BCUT2D eigenvalue weighted by Crippen LogP contribution is -2.17. The summed E-state index contributed by atoms with van der Waals surface area (Å²) in [6.45, 7) is 0.732. The summed E-state index contributed by atoms with van der Waals surface area (Å²) >= 11 is 0. The largest absolute Gasteiger partial charge is 0.486 e. The topological polar surface area (TPSA) is 42.2 Å². The Morgan fingerprint density at radius 2 is 1.87 bits per heavy atom. The zero-order valence-electron chi connectivity index (χ0n) is 7.67. The molecule has 0 spiro atoms. The fraction of sp³-hybridized carbons (Fsp3) is 0.300. The van der Waals surface area contributed by atoms with Crippen LogP contribution in [-0.4, -0.2) is 13.2 Å². The van der Waals surface area contributed by atoms with Crippen molar-refractivity contribution in [1.82, 2.24) is 0 Å². The van der Waals surface area contributed by atoms with Crippen molar-refractivity contribution >= 4 is 0 Å². The molecule has 2 rings (SSSR count). The maximum absolute atomic E-state index is 13.0. The standard InChI is InChI=1S/C10H7F2NO2/c11-10(12,6-13)7-1-2-8-9(5-7)15-4-3-14-8/h1-2,5H,3-4H2. The van der Waals surface area contributed by atoms with E-state index in [9.17, 15) is 8.78 Å². The molecule has 0 N–H and O–H groups in total. The Balaban J connectivity index is 2.41. The highest BCUT2D eigenvalue weighted by molar-refractivity contribution is 5.45. The third-order valence-electron chi connectivity index (χ3n) is 2.05. The van der Waals surface area contributed by atoms with Crippen molar-refractivity contribution in [3.05, 3.63) is 23.8 Å². The highest BCUT2D eigenvalue weighted by atomic mass is 19.3. The average molecular weight is 211 g/mol. The zero-order valence-corrected chi connectivity index (χ0v) is 7.67. The predicted octanol–water partition coefficient (Wildman–Crippen LogP) is 2.07. The van der Waals surface area contributed by atoms with Crippen LogP contribution in [-0.2, 0) is 5.92 Å². The van der Waals surface area contributed by atoms with Gasteiger partial charge >= 0.3 is 5.92 Å². The number of ether oxygens (including phenoxy) is 2. The Hall–Kier alpha value is -1.83. The molecule has 0 saturated carbocycles. The molecule has 0 radical (unpaired) electrons. The highest BCUT2D eigenvalue weighted by Crippen LogP contribution is 2.36. The van der Waals surface area contributed by atoms with Crippen LogP contribution < -0.4 is 9.47 Å². The van der Waals surface area contributed by atoms with Crippen LogP contribution in [0.1, 0.15) is 5.56 Å². The predicted molar refractivity (Wildman–Crippen MR) is 46.9 cm³/mol. The van der Waals surface area contributed by atoms with Crippen molar-refractivity contribution < 1.29 is 18.3 Å². The Morgan fingerprint density at radius 1 is 1.20 bits per heavy atom. The number of hydrogen-bond donors (Lipinski definition) is 0. The monoisotopic (exact) mass is 211 g/mol. The Labute approximate surface area is 84.8 Å². The number of nitriles is 1. The molecule has 1 heterocycles. The van der Waals surface area contributed by atoms with Gasteiger partial charge in [-0.3, -0.25) is 0 Å². The van der Waals surface area contributed by atoms with Gasteiger partial charge in [0.25, 0.3) is 0 Å². The fourth-order valence-corrected chi connectivity index (χ4v) is 1.30. The molecule has 0 fully saturated rings. The first kappa shape index (κ1) is 9.71. The van der Waals surface area contributed by atoms with Crippen LogP contribution in [0.3, 0.4) is 0 Å². The molecule has 0 bridgehead atoms. The summed E-state index contributed by atoms with van der Waals surface area (Å²) in [5.41, 5.74) is -0.380. The van der Waals surface area contributed by atoms with E-state index in [4.69, 9.17) is 14.7 Å². The number of hydrogen-bond acceptors (Lipinski definition) is 3. The van der Waals surface area contributed by atoms with E-state index in [2.05, 4.69) is 0 Å². The molecule has 1 aromatic carbocycles. The minimum absolute atomic E-state index is 0.258. The molecule has 0 unspecified atom stereocenters. The number of alkyl halides is 2. The van der Waals surface area contributed by atoms with E-state index < -0.39 is 5.92 Å². The van der Waals surface area contributed by atoms with Gasteiger partial charge in [0.1, 0.15) is 19.3 Å². The average Bonchev–Trinajstić information content (AvgIpc) is 2.28. The normalized spacial score (nSPS) is 14.5. The van der Waals surface area contributed by atoms with Crippen LogP contribution in [0.5, 0.6) is 11.5 Å². The molecule has 1 aromatic rings. The van der Waals surface area contributed by atoms with Crippen molar-refractivity contribution in [2.24, 2.45) is 0 Å². The summed E-state index contributed by atoms with van der Waals surface area (Å²) in [6.07, 6.45) is 0. The van der Waals surface area contributed by atoms with Crippen LogP contribution in [0.15, 0.2) is 18.2 Å². The maximum atomic E-state index is 13.0. The number of rotatable bonds is 1. The van der Waals surface area contributed by atoms with Crippen molar-refractivity contribution in [3.63, 3.8) is 0 Å². The van der Waals surface area contributed by atoms with Crippen molar-refractivity contribution in [2.45, 2.75) is 5.92 Å². The molecule has 0 aliphatic carbocycles. The zero-order chi connectivity index (χ0) is 10.9. The van der Waals surface area contributed by atoms with Gasteiger partial charge in [-0.2, -0.15) is 14.0 Å². The molecule has 3 nitrogen and oxygen atoms in total. The summed E-state index contributed by atoms with van der Waals surface area (Å²) in [5, 5.41) is 8.28. The van der Waals surface area contributed by atoms with Gasteiger partial charge in [-0.15, -0.1) is 0 Å². The fourth-order valence-electron chi connectivity index (χ4n) is 1.30. The molecule has 78 valence electrons. The van der Waals surface area contributed by atoms with Gasteiger partial charge in [-0.1, -0.05) is 0 Å². The summed E-state index contributed by atoms with van der Waals surface area (Å²) in [7, 11) is 0. The van der Waals surface area contributed by atoms with Gasteiger partial charge in [-0.25, -0.2) is 0 Å². The molecular weight excluding hydrogens is 204 g/mol. The highest BCUT2D eigenvalue weighted by Gasteiger charge is 2.32. The van der Waals surface area contributed by atoms with Crippen LogP contribution in [0, 0.1) is 11.3 Å². The molecule has 0 saturated heterocycles. The van der Waals surface area contributed by atoms with E-state index in [0.717, 1.165) is 18.2 Å². The third-order valence-corrected chi connectivity index (χ3v) is 2.05. The number of fused-ring (bicyclic) bond motifs is 1. The summed E-state index contributed by atoms with van der Waals surface area (Å²) in [4.78, 5) is 0. The number of nitrogens with zero attached hydrogens (tertiary/aromatic N) is 1. The van der Waals surface area contributed by atoms with Crippen LogP contribution in [0.25, 0.3) is 0 Å². The van der Waals surface area contributed by atoms with Gasteiger partial charge in [-0.05, 0) is 18.2 Å². The SMILES string of the molecule is N#CC(F)(F)c1ccc2c(c1)OCCO2. The van der Waals surface area contributed by atoms with Crippen LogP contribution >= 0.6 is 0 Å². The lowest BCUT2D eigenvalue weighted by molar-refractivity contribution is 0.0604. The lowest BCUT2D eigenvalue weighted by Gasteiger charge is -2.19. The van der Waals surface area contributed by atoms with E-state index in [1.807, 2.05) is 0 Å². The molecule has 1 aliphatic rings. The van der Waals surface area contributed by atoms with Gasteiger partial charge in [0, 0.05) is 5.56 Å². The first-order chi connectivity index (χ1) is 7.13. The van der Waals surface area contributed by atoms with E-state index >= 15 is 0 Å². The molecule has 0 aromatic heterocycles. The number of halogens is 2. The van der Waals surface area contributed by atoms with E-state index in [1.165, 1.54) is 6.07 Å². The molecule has 1 aliphatic heterocycles. The summed E-state index contributed by atoms with van der Waals surface area (Å²) < 4.78 is 36.3. The summed E-state index contributed by atoms with van der Waals surface area (Å²) in [5.74, 6) is -2.80. The minimum atomic E-state index is -3.49. The molecular formula is C10H7F2NO2. The van der Waals surface area contributed by atoms with Gasteiger partial charge in [0.15, 0.2) is 11.5 Å².